The molecule has 158 valence electrons. The lowest BCUT2D eigenvalue weighted by molar-refractivity contribution is -0.114. The first-order valence-corrected chi connectivity index (χ1v) is 11.5. The lowest BCUT2D eigenvalue weighted by atomic mass is 10.1. The van der Waals surface area contributed by atoms with Crippen LogP contribution in [0.15, 0.2) is 63.5 Å². The number of hydrogen-bond donors (Lipinski definition) is 1. The third-order valence-corrected chi connectivity index (χ3v) is 6.03. The Morgan fingerprint density at radius 3 is 2.61 bits per heavy atom. The fraction of sp³-hybridized carbons (Fsp3) is 0.182. The van der Waals surface area contributed by atoms with Crippen LogP contribution in [0.1, 0.15) is 11.1 Å². The van der Waals surface area contributed by atoms with Gasteiger partial charge in [0.2, 0.25) is 5.17 Å². The normalized spacial score (nSPS) is 16.8. The molecule has 0 aromatic heterocycles. The van der Waals surface area contributed by atoms with Gasteiger partial charge in [0, 0.05) is 0 Å². The fourth-order valence-corrected chi connectivity index (χ4v) is 4.44. The Kier molecular flexibility index (Phi) is 6.43. The Morgan fingerprint density at radius 2 is 1.87 bits per heavy atom. The number of ether oxygens (including phenoxy) is 2. The van der Waals surface area contributed by atoms with Gasteiger partial charge < -0.3 is 9.47 Å². The number of thioether (sulfide) groups is 1. The number of carbonyl (C=O) groups is 1. The minimum absolute atomic E-state index is 0.0850. The molecule has 0 aliphatic carbocycles. The van der Waals surface area contributed by atoms with Crippen molar-refractivity contribution in [3.63, 3.8) is 0 Å². The van der Waals surface area contributed by atoms with E-state index in [1.165, 1.54) is 11.8 Å². The molecule has 2 aromatic rings. The molecule has 0 bridgehead atoms. The van der Waals surface area contributed by atoms with Gasteiger partial charge in [0.25, 0.3) is 5.91 Å². The first kappa shape index (κ1) is 21.2. The summed E-state index contributed by atoms with van der Waals surface area (Å²) in [5.74, 6) is 1.20. The van der Waals surface area contributed by atoms with Crippen LogP contribution in [0.2, 0.25) is 0 Å². The molecule has 4 rings (SSSR count). The molecular formula is C22H20N4O3S2. The van der Waals surface area contributed by atoms with Gasteiger partial charge in [-0.1, -0.05) is 42.1 Å². The maximum absolute atomic E-state index is 12.4. The lowest BCUT2D eigenvalue weighted by Crippen LogP contribution is -2.41. The number of rotatable bonds is 6. The average Bonchev–Trinajstić information content (AvgIpc) is 3.19. The number of amides is 1. The number of aliphatic imine (C=N–C) groups is 1. The van der Waals surface area contributed by atoms with Crippen molar-refractivity contribution >= 4 is 51.9 Å². The van der Waals surface area contributed by atoms with Crippen LogP contribution in [0.5, 0.6) is 11.5 Å². The summed E-state index contributed by atoms with van der Waals surface area (Å²) in [5, 5.41) is 9.50. The highest BCUT2D eigenvalue weighted by atomic mass is 32.2. The molecule has 2 heterocycles. The second-order valence-electron chi connectivity index (χ2n) is 6.64. The van der Waals surface area contributed by atoms with Gasteiger partial charge in [0.05, 0.1) is 17.5 Å². The van der Waals surface area contributed by atoms with Crippen LogP contribution in [0, 0.1) is 12.3 Å². The Balaban J connectivity index is 1.37. The highest BCUT2D eigenvalue weighted by molar-refractivity contribution is 8.18. The number of nitrogens with zero attached hydrogens (tertiary/aromatic N) is 3. The summed E-state index contributed by atoms with van der Waals surface area (Å²) in [5.41, 5.74) is 2.10. The van der Waals surface area contributed by atoms with Crippen LogP contribution in [-0.4, -0.2) is 46.4 Å². The number of hydrogen-bond acceptors (Lipinski definition) is 7. The first-order valence-electron chi connectivity index (χ1n) is 9.51. The first-order chi connectivity index (χ1) is 15.1. The van der Waals surface area contributed by atoms with E-state index in [0.717, 1.165) is 28.8 Å². The SMILES string of the molecule is CSC1=NSC2=NC(=O)/C(=C\c3ccc(OCCOc4ccccc4C)cc3)C(=N)N12. The number of nitrogens with one attached hydrogen (secondary N) is 1. The van der Waals surface area contributed by atoms with Crippen molar-refractivity contribution < 1.29 is 14.3 Å². The molecule has 31 heavy (non-hydrogen) atoms. The molecule has 0 unspecified atom stereocenters. The van der Waals surface area contributed by atoms with E-state index in [4.69, 9.17) is 14.9 Å². The summed E-state index contributed by atoms with van der Waals surface area (Å²) in [6.45, 7) is 2.86. The van der Waals surface area contributed by atoms with Gasteiger partial charge in [0.15, 0.2) is 5.17 Å². The van der Waals surface area contributed by atoms with Crippen molar-refractivity contribution in [2.75, 3.05) is 19.5 Å². The van der Waals surface area contributed by atoms with Crippen molar-refractivity contribution in [1.29, 1.82) is 5.41 Å². The van der Waals surface area contributed by atoms with Gasteiger partial charge in [-0.2, -0.15) is 9.39 Å². The standard InChI is InChI=1S/C22H20N4O3S2/c1-14-5-3-4-6-18(14)29-12-11-28-16-9-7-15(8-10-16)13-17-19(23)26-21(24-20(17)27)31-25-22(26)30-2/h3-10,13,23H,11-12H2,1-2H3/b17-13-,23-19?. The number of amidine groups is 3. The van der Waals surface area contributed by atoms with Crippen LogP contribution < -0.4 is 9.47 Å². The Bertz CT molecular complexity index is 1110. The van der Waals surface area contributed by atoms with Crippen molar-refractivity contribution in [2.24, 2.45) is 9.39 Å². The zero-order valence-electron chi connectivity index (χ0n) is 17.0. The average molecular weight is 453 g/mol. The highest BCUT2D eigenvalue weighted by Crippen LogP contribution is 2.31. The van der Waals surface area contributed by atoms with Gasteiger partial charge in [-0.05, 0) is 48.6 Å². The summed E-state index contributed by atoms with van der Waals surface area (Å²) < 4.78 is 15.7. The zero-order chi connectivity index (χ0) is 21.8. The predicted molar refractivity (Wildman–Crippen MR) is 127 cm³/mol. The largest absolute Gasteiger partial charge is 0.490 e. The zero-order valence-corrected chi connectivity index (χ0v) is 18.6. The van der Waals surface area contributed by atoms with Crippen LogP contribution in [0.4, 0.5) is 0 Å². The molecule has 1 N–H and O–H groups in total. The third-order valence-electron chi connectivity index (χ3n) is 4.57. The number of benzene rings is 2. The maximum Gasteiger partial charge on any atom is 0.283 e. The number of fused-ring (bicyclic) bond motifs is 1. The van der Waals surface area contributed by atoms with Gasteiger partial charge in [-0.15, -0.1) is 0 Å². The van der Waals surface area contributed by atoms with Crippen molar-refractivity contribution in [3.8, 4) is 11.5 Å². The summed E-state index contributed by atoms with van der Waals surface area (Å²) in [4.78, 5) is 18.0. The molecule has 2 aliphatic heterocycles. The molecule has 2 aliphatic rings. The molecule has 0 spiro atoms. The number of para-hydroxylation sites is 1. The van der Waals surface area contributed by atoms with E-state index in [2.05, 4.69) is 9.39 Å². The molecule has 0 fully saturated rings. The van der Waals surface area contributed by atoms with Crippen molar-refractivity contribution in [2.45, 2.75) is 6.92 Å². The third kappa shape index (κ3) is 4.67. The lowest BCUT2D eigenvalue weighted by Gasteiger charge is -2.23. The second kappa shape index (κ2) is 9.40. The monoisotopic (exact) mass is 452 g/mol. The number of carbonyl (C=O) groups excluding carboxylic acids is 1. The molecule has 7 nitrogen and oxygen atoms in total. The van der Waals surface area contributed by atoms with Gasteiger partial charge in [-0.25, -0.2) is 4.90 Å². The minimum atomic E-state index is -0.435. The van der Waals surface area contributed by atoms with Crippen LogP contribution in [0.25, 0.3) is 6.08 Å². The molecule has 0 radical (unpaired) electrons. The van der Waals surface area contributed by atoms with E-state index < -0.39 is 5.91 Å². The second-order valence-corrected chi connectivity index (χ2v) is 8.15. The summed E-state index contributed by atoms with van der Waals surface area (Å²) in [7, 11) is 0. The smallest absolute Gasteiger partial charge is 0.283 e. The van der Waals surface area contributed by atoms with E-state index in [-0.39, 0.29) is 11.4 Å². The quantitative estimate of drug-likeness (QED) is 0.397. The molecule has 9 heteroatoms. The molecule has 0 saturated heterocycles. The highest BCUT2D eigenvalue weighted by Gasteiger charge is 2.36. The molecular weight excluding hydrogens is 432 g/mol. The van der Waals surface area contributed by atoms with Crippen LogP contribution in [0.3, 0.4) is 0 Å². The van der Waals surface area contributed by atoms with Crippen LogP contribution in [-0.2, 0) is 4.79 Å². The van der Waals surface area contributed by atoms with E-state index in [1.807, 2.05) is 61.7 Å². The summed E-state index contributed by atoms with van der Waals surface area (Å²) in [6, 6.07) is 15.2. The Labute approximate surface area is 188 Å². The van der Waals surface area contributed by atoms with E-state index in [9.17, 15) is 4.79 Å². The van der Waals surface area contributed by atoms with Gasteiger partial charge >= 0.3 is 0 Å². The van der Waals surface area contributed by atoms with Crippen LogP contribution >= 0.6 is 23.7 Å². The minimum Gasteiger partial charge on any atom is -0.490 e. The Hall–Kier alpha value is -3.04. The topological polar surface area (TPSA) is 87.3 Å². The van der Waals surface area contributed by atoms with E-state index in [1.54, 1.807) is 11.0 Å². The summed E-state index contributed by atoms with van der Waals surface area (Å²) in [6.07, 6.45) is 3.54. The fourth-order valence-electron chi connectivity index (χ4n) is 2.99. The number of aryl methyl sites for hydroxylation is 1. The molecule has 0 atom stereocenters. The molecule has 2 aromatic carbocycles. The van der Waals surface area contributed by atoms with E-state index >= 15 is 0 Å². The summed E-state index contributed by atoms with van der Waals surface area (Å²) >= 11 is 2.52. The Morgan fingerprint density at radius 1 is 1.13 bits per heavy atom. The maximum atomic E-state index is 12.4. The van der Waals surface area contributed by atoms with Crippen molar-refractivity contribution in [3.05, 3.63) is 65.2 Å². The van der Waals surface area contributed by atoms with E-state index in [0.29, 0.717) is 29.3 Å². The molecule has 0 saturated carbocycles. The predicted octanol–water partition coefficient (Wildman–Crippen LogP) is 4.39. The van der Waals surface area contributed by atoms with Gasteiger partial charge in [-0.3, -0.25) is 10.2 Å². The molecule has 1 amide bonds. The van der Waals surface area contributed by atoms with Crippen molar-refractivity contribution in [1.82, 2.24) is 4.90 Å². The van der Waals surface area contributed by atoms with Gasteiger partial charge in [0.1, 0.15) is 30.5 Å².